The van der Waals surface area contributed by atoms with Gasteiger partial charge < -0.3 is 5.32 Å². The van der Waals surface area contributed by atoms with Gasteiger partial charge in [-0.05, 0) is 53.1 Å². The lowest BCUT2D eigenvalue weighted by molar-refractivity contribution is -0.122. The standard InChI is InChI=1S/C28H25N3O2/c1-17-7-6-12-23-27(17)30-16-31(28(23)33)15-25(32)29-14-18-13-24-19-8-2-4-10-21(19)26(18)22-11-5-3-9-20(22)24/h2-12,16,18,24,26H,13-15H2,1H3,(H,29,32)/t18-,24?,26?/m1/s1. The van der Waals surface area contributed by atoms with Crippen LogP contribution >= 0.6 is 0 Å². The molecule has 164 valence electrons. The highest BCUT2D eigenvalue weighted by atomic mass is 16.2. The molecule has 1 N–H and O–H groups in total. The van der Waals surface area contributed by atoms with Crippen molar-refractivity contribution in [2.24, 2.45) is 5.92 Å². The molecule has 0 radical (unpaired) electrons. The molecular weight excluding hydrogens is 410 g/mol. The summed E-state index contributed by atoms with van der Waals surface area (Å²) in [4.78, 5) is 30.1. The normalized spacial score (nSPS) is 20.3. The van der Waals surface area contributed by atoms with Crippen LogP contribution in [0.1, 0.15) is 46.1 Å². The minimum atomic E-state index is -0.182. The Morgan fingerprint density at radius 2 is 1.64 bits per heavy atom. The van der Waals surface area contributed by atoms with Crippen LogP contribution in [-0.2, 0) is 11.3 Å². The van der Waals surface area contributed by atoms with Crippen molar-refractivity contribution < 1.29 is 4.79 Å². The van der Waals surface area contributed by atoms with Gasteiger partial charge in [0.15, 0.2) is 0 Å². The summed E-state index contributed by atoms with van der Waals surface area (Å²) in [6, 6.07) is 23.0. The predicted octanol–water partition coefficient (Wildman–Crippen LogP) is 4.12. The first-order valence-electron chi connectivity index (χ1n) is 11.5. The highest BCUT2D eigenvalue weighted by molar-refractivity contribution is 5.81. The molecule has 4 aromatic rings. The van der Waals surface area contributed by atoms with Crippen molar-refractivity contribution in [3.63, 3.8) is 0 Å². The van der Waals surface area contributed by atoms with Gasteiger partial charge in [-0.2, -0.15) is 0 Å². The van der Waals surface area contributed by atoms with Gasteiger partial charge in [0.25, 0.3) is 5.56 Å². The molecule has 3 aliphatic carbocycles. The number of amides is 1. The number of para-hydroxylation sites is 1. The van der Waals surface area contributed by atoms with E-state index in [0.29, 0.717) is 29.3 Å². The molecule has 3 aliphatic rings. The van der Waals surface area contributed by atoms with Gasteiger partial charge in [0.2, 0.25) is 5.91 Å². The topological polar surface area (TPSA) is 64.0 Å². The number of hydrogen-bond donors (Lipinski definition) is 1. The van der Waals surface area contributed by atoms with E-state index in [4.69, 9.17) is 0 Å². The van der Waals surface area contributed by atoms with Crippen molar-refractivity contribution in [2.45, 2.75) is 31.7 Å². The van der Waals surface area contributed by atoms with E-state index in [1.807, 2.05) is 19.1 Å². The summed E-state index contributed by atoms with van der Waals surface area (Å²) >= 11 is 0. The van der Waals surface area contributed by atoms with Crippen molar-refractivity contribution >= 4 is 16.8 Å². The van der Waals surface area contributed by atoms with E-state index in [1.54, 1.807) is 6.07 Å². The van der Waals surface area contributed by atoms with Crippen LogP contribution in [0.25, 0.3) is 10.9 Å². The van der Waals surface area contributed by atoms with E-state index in [0.717, 1.165) is 12.0 Å². The van der Waals surface area contributed by atoms with Crippen LogP contribution in [0, 0.1) is 12.8 Å². The molecule has 33 heavy (non-hydrogen) atoms. The summed E-state index contributed by atoms with van der Waals surface area (Å²) in [5.41, 5.74) is 7.08. The van der Waals surface area contributed by atoms with Crippen LogP contribution < -0.4 is 10.9 Å². The Morgan fingerprint density at radius 1 is 0.970 bits per heavy atom. The predicted molar refractivity (Wildman–Crippen MR) is 128 cm³/mol. The van der Waals surface area contributed by atoms with Crippen LogP contribution in [0.3, 0.4) is 0 Å². The Kier molecular flexibility index (Phi) is 4.64. The highest BCUT2D eigenvalue weighted by Crippen LogP contribution is 2.55. The number of aromatic nitrogens is 2. The highest BCUT2D eigenvalue weighted by Gasteiger charge is 2.42. The van der Waals surface area contributed by atoms with Gasteiger partial charge in [-0.25, -0.2) is 4.98 Å². The summed E-state index contributed by atoms with van der Waals surface area (Å²) in [7, 11) is 0. The molecule has 2 bridgehead atoms. The molecule has 1 heterocycles. The van der Waals surface area contributed by atoms with E-state index in [1.165, 1.54) is 33.1 Å². The molecular formula is C28H25N3O2. The van der Waals surface area contributed by atoms with Gasteiger partial charge in [-0.3, -0.25) is 14.2 Å². The summed E-state index contributed by atoms with van der Waals surface area (Å²) in [5, 5.41) is 3.65. The van der Waals surface area contributed by atoms with Crippen LogP contribution in [0.2, 0.25) is 0 Å². The summed E-state index contributed by atoms with van der Waals surface area (Å²) in [6.45, 7) is 2.50. The van der Waals surface area contributed by atoms with Crippen LogP contribution in [0.5, 0.6) is 0 Å². The molecule has 0 aliphatic heterocycles. The number of nitrogens with zero attached hydrogens (tertiary/aromatic N) is 2. The first-order chi connectivity index (χ1) is 16.1. The van der Waals surface area contributed by atoms with Crippen LogP contribution in [0.15, 0.2) is 77.9 Å². The van der Waals surface area contributed by atoms with Gasteiger partial charge in [-0.15, -0.1) is 0 Å². The number of carbonyl (C=O) groups excluding carboxylic acids is 1. The van der Waals surface area contributed by atoms with Crippen molar-refractivity contribution in [2.75, 3.05) is 6.54 Å². The van der Waals surface area contributed by atoms with E-state index >= 15 is 0 Å². The summed E-state index contributed by atoms with van der Waals surface area (Å²) in [6.07, 6.45) is 2.50. The molecule has 0 saturated carbocycles. The van der Waals surface area contributed by atoms with Gasteiger partial charge in [0, 0.05) is 18.4 Å². The zero-order valence-electron chi connectivity index (χ0n) is 18.5. The first kappa shape index (κ1) is 19.9. The maximum Gasteiger partial charge on any atom is 0.261 e. The first-order valence-corrected chi connectivity index (χ1v) is 11.5. The smallest absolute Gasteiger partial charge is 0.261 e. The minimum absolute atomic E-state index is 0.0241. The Balaban J connectivity index is 1.22. The molecule has 0 saturated heterocycles. The number of hydrogen-bond acceptors (Lipinski definition) is 3. The van der Waals surface area contributed by atoms with E-state index < -0.39 is 0 Å². The van der Waals surface area contributed by atoms with Crippen molar-refractivity contribution in [3.05, 3.63) is 111 Å². The second-order valence-corrected chi connectivity index (χ2v) is 9.24. The quantitative estimate of drug-likeness (QED) is 0.525. The maximum atomic E-state index is 12.8. The molecule has 7 rings (SSSR count). The third kappa shape index (κ3) is 3.18. The van der Waals surface area contributed by atoms with Crippen molar-refractivity contribution in [1.29, 1.82) is 0 Å². The number of fused-ring (bicyclic) bond motifs is 2. The Labute approximate surface area is 192 Å². The number of benzene rings is 3. The zero-order chi connectivity index (χ0) is 22.5. The Morgan fingerprint density at radius 3 is 2.33 bits per heavy atom. The molecule has 0 unspecified atom stereocenters. The molecule has 5 nitrogen and oxygen atoms in total. The molecule has 3 aromatic carbocycles. The lowest BCUT2D eigenvalue weighted by Crippen LogP contribution is -2.41. The number of carbonyl (C=O) groups is 1. The van der Waals surface area contributed by atoms with E-state index in [2.05, 4.69) is 58.8 Å². The Bertz CT molecular complexity index is 1410. The Hall–Kier alpha value is -3.73. The van der Waals surface area contributed by atoms with E-state index in [-0.39, 0.29) is 23.9 Å². The fraction of sp³-hybridized carbons (Fsp3) is 0.250. The fourth-order valence-corrected chi connectivity index (χ4v) is 5.87. The van der Waals surface area contributed by atoms with E-state index in [9.17, 15) is 9.59 Å². The van der Waals surface area contributed by atoms with Gasteiger partial charge >= 0.3 is 0 Å². The lowest BCUT2D eigenvalue weighted by Gasteiger charge is -2.45. The number of nitrogens with one attached hydrogen (secondary N) is 1. The lowest BCUT2D eigenvalue weighted by atomic mass is 9.59. The van der Waals surface area contributed by atoms with Crippen molar-refractivity contribution in [3.8, 4) is 0 Å². The van der Waals surface area contributed by atoms with Gasteiger partial charge in [0.1, 0.15) is 6.54 Å². The molecule has 1 aromatic heterocycles. The number of aryl methyl sites for hydroxylation is 1. The minimum Gasteiger partial charge on any atom is -0.354 e. The third-order valence-corrected chi connectivity index (χ3v) is 7.35. The third-order valence-electron chi connectivity index (χ3n) is 7.35. The van der Waals surface area contributed by atoms with Crippen LogP contribution in [-0.4, -0.2) is 22.0 Å². The SMILES string of the molecule is Cc1cccc2c(=O)n(CC(=O)NC[C@H]3CC4c5ccccc5C3c3ccccc34)cnc12. The van der Waals surface area contributed by atoms with Gasteiger partial charge in [0.05, 0.1) is 17.2 Å². The second-order valence-electron chi connectivity index (χ2n) is 9.24. The molecule has 1 atom stereocenters. The van der Waals surface area contributed by atoms with Gasteiger partial charge in [-0.1, -0.05) is 60.7 Å². The monoisotopic (exact) mass is 435 g/mol. The number of rotatable bonds is 4. The zero-order valence-corrected chi connectivity index (χ0v) is 18.5. The largest absolute Gasteiger partial charge is 0.354 e. The summed E-state index contributed by atoms with van der Waals surface area (Å²) < 4.78 is 1.40. The summed E-state index contributed by atoms with van der Waals surface area (Å²) in [5.74, 6) is 0.836. The molecule has 1 amide bonds. The van der Waals surface area contributed by atoms with Crippen molar-refractivity contribution in [1.82, 2.24) is 14.9 Å². The fourth-order valence-electron chi connectivity index (χ4n) is 5.87. The average molecular weight is 436 g/mol. The molecule has 5 heteroatoms. The van der Waals surface area contributed by atoms with Crippen LogP contribution in [0.4, 0.5) is 0 Å². The molecule has 0 spiro atoms. The molecule has 0 fully saturated rings. The second kappa shape index (κ2) is 7.69. The maximum absolute atomic E-state index is 12.8. The average Bonchev–Trinajstić information content (AvgIpc) is 2.85.